The minimum atomic E-state index is -3.61. The van der Waals surface area contributed by atoms with Crippen molar-refractivity contribution in [1.29, 1.82) is 0 Å². The number of aromatic nitrogens is 2. The van der Waals surface area contributed by atoms with Gasteiger partial charge in [0.25, 0.3) is 5.69 Å². The van der Waals surface area contributed by atoms with Gasteiger partial charge >= 0.3 is 0 Å². The molecule has 0 bridgehead atoms. The van der Waals surface area contributed by atoms with E-state index in [9.17, 15) is 18.5 Å². The summed E-state index contributed by atoms with van der Waals surface area (Å²) in [5.41, 5.74) is 3.51. The zero-order valence-electron chi connectivity index (χ0n) is 22.0. The molecule has 3 aromatic carbocycles. The maximum absolute atomic E-state index is 12.9. The van der Waals surface area contributed by atoms with Crippen LogP contribution in [0.5, 0.6) is 0 Å². The van der Waals surface area contributed by atoms with E-state index in [1.807, 2.05) is 36.2 Å². The number of aryl methyl sites for hydroxylation is 2. The van der Waals surface area contributed by atoms with E-state index < -0.39 is 14.9 Å². The first kappa shape index (κ1) is 27.9. The number of rotatable bonds is 12. The lowest BCUT2D eigenvalue weighted by Crippen LogP contribution is -2.35. The molecular formula is C29H31N5O4S. The van der Waals surface area contributed by atoms with Crippen molar-refractivity contribution in [3.63, 3.8) is 0 Å². The number of nitro benzene ring substituents is 1. The fourth-order valence-electron chi connectivity index (χ4n) is 4.09. The summed E-state index contributed by atoms with van der Waals surface area (Å²) in [6.07, 6.45) is 2.52. The highest BCUT2D eigenvalue weighted by atomic mass is 32.2. The Balaban J connectivity index is 1.53. The first-order valence-electron chi connectivity index (χ1n) is 12.6. The van der Waals surface area contributed by atoms with E-state index >= 15 is 0 Å². The number of likely N-dealkylation sites (N-methyl/N-ethyl adjacent to an activating group) is 2. The van der Waals surface area contributed by atoms with E-state index in [0.717, 1.165) is 30.5 Å². The topological polar surface area (TPSA) is 110 Å². The molecule has 0 aliphatic carbocycles. The first-order chi connectivity index (χ1) is 18.7. The van der Waals surface area contributed by atoms with E-state index in [1.165, 1.54) is 22.0 Å². The highest BCUT2D eigenvalue weighted by Gasteiger charge is 2.21. The molecule has 39 heavy (non-hydrogen) atoms. The molecule has 9 nitrogen and oxygen atoms in total. The zero-order valence-corrected chi connectivity index (χ0v) is 22.8. The predicted octanol–water partition coefficient (Wildman–Crippen LogP) is 4.98. The van der Waals surface area contributed by atoms with Crippen molar-refractivity contribution >= 4 is 21.7 Å². The number of nitro groups is 1. The molecule has 1 aromatic heterocycles. The second-order valence-electron chi connectivity index (χ2n) is 9.25. The summed E-state index contributed by atoms with van der Waals surface area (Å²) in [7, 11) is -0.235. The maximum atomic E-state index is 12.9. The summed E-state index contributed by atoms with van der Waals surface area (Å²) in [6.45, 7) is 0.609. The third kappa shape index (κ3) is 7.24. The van der Waals surface area contributed by atoms with Gasteiger partial charge in [-0.3, -0.25) is 10.1 Å². The van der Waals surface area contributed by atoms with Crippen LogP contribution in [0.3, 0.4) is 0 Å². The first-order valence-corrected chi connectivity index (χ1v) is 14.1. The number of non-ortho nitro benzene ring substituents is 1. The maximum Gasteiger partial charge on any atom is 0.269 e. The zero-order chi connectivity index (χ0) is 27.8. The molecule has 0 unspecified atom stereocenters. The molecule has 0 aliphatic heterocycles. The molecule has 202 valence electrons. The van der Waals surface area contributed by atoms with E-state index in [-0.39, 0.29) is 17.1 Å². The van der Waals surface area contributed by atoms with Gasteiger partial charge in [-0.2, -0.15) is 4.31 Å². The van der Waals surface area contributed by atoms with Gasteiger partial charge in [0.2, 0.25) is 16.0 Å². The minimum absolute atomic E-state index is 0.0101. The molecule has 0 fully saturated rings. The van der Waals surface area contributed by atoms with Crippen molar-refractivity contribution in [3.8, 4) is 11.3 Å². The van der Waals surface area contributed by atoms with Crippen LogP contribution in [-0.2, 0) is 22.9 Å². The van der Waals surface area contributed by atoms with Gasteiger partial charge in [-0.1, -0.05) is 48.5 Å². The van der Waals surface area contributed by atoms with Crippen LogP contribution in [0.2, 0.25) is 0 Å². The van der Waals surface area contributed by atoms with Crippen LogP contribution in [-0.4, -0.2) is 54.8 Å². The monoisotopic (exact) mass is 545 g/mol. The number of sulfonamides is 1. The Morgan fingerprint density at radius 3 is 2.10 bits per heavy atom. The van der Waals surface area contributed by atoms with Crippen molar-refractivity contribution in [2.45, 2.75) is 24.2 Å². The summed E-state index contributed by atoms with van der Waals surface area (Å²) >= 11 is 0. The van der Waals surface area contributed by atoms with Gasteiger partial charge in [-0.15, -0.1) is 0 Å². The summed E-state index contributed by atoms with van der Waals surface area (Å²) < 4.78 is 27.1. The molecule has 0 saturated carbocycles. The standard InChI is InChI=1S/C29H31N5O4S/c1-32(20-21-33(2)39(37,38)27-14-7-4-8-15-27)29-30-25(13-9-12-23-10-5-3-6-11-23)22-28(31-29)24-16-18-26(19-17-24)34(35)36/h3-8,10-11,14-19,22H,9,12-13,20-21H2,1-2H3. The Morgan fingerprint density at radius 1 is 0.821 bits per heavy atom. The van der Waals surface area contributed by atoms with E-state index in [0.29, 0.717) is 18.2 Å². The molecule has 10 heteroatoms. The molecule has 0 atom stereocenters. The van der Waals surface area contributed by atoms with Crippen molar-refractivity contribution in [2.24, 2.45) is 0 Å². The molecule has 0 aliphatic rings. The van der Waals surface area contributed by atoms with Crippen LogP contribution < -0.4 is 4.90 Å². The van der Waals surface area contributed by atoms with E-state index in [2.05, 4.69) is 12.1 Å². The molecule has 0 amide bonds. The van der Waals surface area contributed by atoms with E-state index in [1.54, 1.807) is 49.5 Å². The number of nitrogens with zero attached hydrogens (tertiary/aromatic N) is 5. The van der Waals surface area contributed by atoms with Crippen molar-refractivity contribution in [2.75, 3.05) is 32.1 Å². The smallest absolute Gasteiger partial charge is 0.269 e. The Hall–Kier alpha value is -4.15. The molecular weight excluding hydrogens is 514 g/mol. The summed E-state index contributed by atoms with van der Waals surface area (Å²) in [6, 6.07) is 26.8. The number of hydrogen-bond acceptors (Lipinski definition) is 7. The predicted molar refractivity (Wildman–Crippen MR) is 152 cm³/mol. The largest absolute Gasteiger partial charge is 0.343 e. The third-order valence-corrected chi connectivity index (χ3v) is 8.30. The van der Waals surface area contributed by atoms with Crippen LogP contribution in [0, 0.1) is 10.1 Å². The third-order valence-electron chi connectivity index (χ3n) is 6.43. The lowest BCUT2D eigenvalue weighted by Gasteiger charge is -2.23. The SMILES string of the molecule is CN(CCN(C)S(=O)(=O)c1ccccc1)c1nc(CCCc2ccccc2)cc(-c2ccc([N+](=O)[O-])cc2)n1. The van der Waals surface area contributed by atoms with Gasteiger partial charge in [-0.25, -0.2) is 18.4 Å². The Morgan fingerprint density at radius 2 is 1.46 bits per heavy atom. The van der Waals surface area contributed by atoms with E-state index in [4.69, 9.17) is 9.97 Å². The number of anilines is 1. The van der Waals surface area contributed by atoms with Crippen LogP contribution in [0.25, 0.3) is 11.3 Å². The molecule has 1 heterocycles. The highest BCUT2D eigenvalue weighted by Crippen LogP contribution is 2.24. The summed E-state index contributed by atoms with van der Waals surface area (Å²) in [4.78, 5) is 22.2. The Labute approximate surface area is 229 Å². The lowest BCUT2D eigenvalue weighted by molar-refractivity contribution is -0.384. The van der Waals surface area contributed by atoms with Crippen LogP contribution >= 0.6 is 0 Å². The average molecular weight is 546 g/mol. The summed E-state index contributed by atoms with van der Waals surface area (Å²) in [5.74, 6) is 0.464. The average Bonchev–Trinajstić information content (AvgIpc) is 2.96. The minimum Gasteiger partial charge on any atom is -0.343 e. The normalized spacial score (nSPS) is 11.5. The lowest BCUT2D eigenvalue weighted by atomic mass is 10.1. The Bertz CT molecular complexity index is 1500. The van der Waals surface area contributed by atoms with Gasteiger partial charge in [0, 0.05) is 50.6 Å². The highest BCUT2D eigenvalue weighted by molar-refractivity contribution is 7.89. The number of hydrogen-bond donors (Lipinski definition) is 0. The van der Waals surface area contributed by atoms with Crippen molar-refractivity contribution in [3.05, 3.63) is 112 Å². The Kier molecular flexibility index (Phi) is 9.00. The molecule has 0 saturated heterocycles. The van der Waals surface area contributed by atoms with Gasteiger partial charge < -0.3 is 4.90 Å². The van der Waals surface area contributed by atoms with Crippen molar-refractivity contribution < 1.29 is 13.3 Å². The molecule has 0 N–H and O–H groups in total. The van der Waals surface area contributed by atoms with Gasteiger partial charge in [0.15, 0.2) is 0 Å². The second-order valence-corrected chi connectivity index (χ2v) is 11.3. The molecule has 4 aromatic rings. The molecule has 0 radical (unpaired) electrons. The molecule has 0 spiro atoms. The fourth-order valence-corrected chi connectivity index (χ4v) is 5.27. The van der Waals surface area contributed by atoms with Crippen LogP contribution in [0.1, 0.15) is 17.7 Å². The van der Waals surface area contributed by atoms with Crippen LogP contribution in [0.15, 0.2) is 95.9 Å². The van der Waals surface area contributed by atoms with Crippen LogP contribution in [0.4, 0.5) is 11.6 Å². The van der Waals surface area contributed by atoms with Crippen molar-refractivity contribution in [1.82, 2.24) is 14.3 Å². The summed E-state index contributed by atoms with van der Waals surface area (Å²) in [5, 5.41) is 11.1. The quantitative estimate of drug-likeness (QED) is 0.182. The van der Waals surface area contributed by atoms with Gasteiger partial charge in [0.05, 0.1) is 15.5 Å². The van der Waals surface area contributed by atoms with Gasteiger partial charge in [0.1, 0.15) is 0 Å². The molecule has 4 rings (SSSR count). The number of benzene rings is 3. The van der Waals surface area contributed by atoms with Gasteiger partial charge in [-0.05, 0) is 55.2 Å². The fraction of sp³-hybridized carbons (Fsp3) is 0.241. The second kappa shape index (κ2) is 12.6.